The SMILES string of the molecule is [CH2]c1cc(C)c(C(=O)c2ccccc2)n1C. The first-order valence-electron chi connectivity index (χ1n) is 5.19. The number of hydrogen-bond donors (Lipinski definition) is 0. The molecule has 16 heavy (non-hydrogen) atoms. The van der Waals surface area contributed by atoms with Gasteiger partial charge in [-0.2, -0.15) is 0 Å². The number of hydrogen-bond acceptors (Lipinski definition) is 1. The third-order valence-corrected chi connectivity index (χ3v) is 2.77. The van der Waals surface area contributed by atoms with Gasteiger partial charge in [-0.15, -0.1) is 0 Å². The van der Waals surface area contributed by atoms with E-state index in [9.17, 15) is 4.79 Å². The molecule has 0 fully saturated rings. The molecule has 1 aromatic carbocycles. The summed E-state index contributed by atoms with van der Waals surface area (Å²) in [5.74, 6) is 0.0514. The van der Waals surface area contributed by atoms with Crippen LogP contribution in [0, 0.1) is 13.8 Å². The number of carbonyl (C=O) groups excluding carboxylic acids is 1. The van der Waals surface area contributed by atoms with Crippen molar-refractivity contribution in [3.05, 3.63) is 65.8 Å². The van der Waals surface area contributed by atoms with Gasteiger partial charge in [0, 0.05) is 18.3 Å². The molecule has 0 saturated carbocycles. The number of nitrogens with zero attached hydrogens (tertiary/aromatic N) is 1. The van der Waals surface area contributed by atoms with Gasteiger partial charge >= 0.3 is 0 Å². The highest BCUT2D eigenvalue weighted by molar-refractivity contribution is 6.09. The van der Waals surface area contributed by atoms with Crippen LogP contribution in [0.3, 0.4) is 0 Å². The number of benzene rings is 1. The normalized spacial score (nSPS) is 10.4. The second-order valence-electron chi connectivity index (χ2n) is 3.92. The maximum atomic E-state index is 12.3. The van der Waals surface area contributed by atoms with Crippen molar-refractivity contribution in [3.63, 3.8) is 0 Å². The molecule has 81 valence electrons. The summed E-state index contributed by atoms with van der Waals surface area (Å²) in [6.45, 7) is 5.82. The average molecular weight is 212 g/mol. The van der Waals surface area contributed by atoms with Crippen LogP contribution >= 0.6 is 0 Å². The van der Waals surface area contributed by atoms with Gasteiger partial charge in [0.25, 0.3) is 0 Å². The van der Waals surface area contributed by atoms with Gasteiger partial charge < -0.3 is 4.57 Å². The number of ketones is 1. The van der Waals surface area contributed by atoms with E-state index in [0.717, 1.165) is 17.0 Å². The van der Waals surface area contributed by atoms with Crippen molar-refractivity contribution < 1.29 is 4.79 Å². The highest BCUT2D eigenvalue weighted by Crippen LogP contribution is 2.17. The summed E-state index contributed by atoms with van der Waals surface area (Å²) in [7, 11) is 1.87. The van der Waals surface area contributed by atoms with E-state index in [-0.39, 0.29) is 5.78 Å². The summed E-state index contributed by atoms with van der Waals surface area (Å²) in [6.07, 6.45) is 0. The van der Waals surface area contributed by atoms with E-state index in [4.69, 9.17) is 0 Å². The lowest BCUT2D eigenvalue weighted by molar-refractivity contribution is 0.103. The molecule has 0 unspecified atom stereocenters. The number of carbonyl (C=O) groups is 1. The summed E-state index contributed by atoms with van der Waals surface area (Å²) >= 11 is 0. The second-order valence-corrected chi connectivity index (χ2v) is 3.92. The van der Waals surface area contributed by atoms with Crippen LogP contribution in [-0.2, 0) is 7.05 Å². The Labute approximate surface area is 95.5 Å². The Hall–Kier alpha value is -1.83. The molecule has 1 aromatic heterocycles. The molecule has 2 nitrogen and oxygen atoms in total. The summed E-state index contributed by atoms with van der Waals surface area (Å²) in [5.41, 5.74) is 3.26. The molecule has 2 aromatic rings. The van der Waals surface area contributed by atoms with E-state index in [0.29, 0.717) is 5.56 Å². The molecule has 2 rings (SSSR count). The zero-order valence-corrected chi connectivity index (χ0v) is 9.53. The molecule has 1 heterocycles. The minimum Gasteiger partial charge on any atom is -0.345 e. The Kier molecular flexibility index (Phi) is 2.65. The van der Waals surface area contributed by atoms with E-state index < -0.39 is 0 Å². The van der Waals surface area contributed by atoms with Crippen molar-refractivity contribution in [2.75, 3.05) is 0 Å². The fourth-order valence-electron chi connectivity index (χ4n) is 1.88. The molecule has 0 aliphatic heterocycles. The lowest BCUT2D eigenvalue weighted by Crippen LogP contribution is -2.09. The zero-order chi connectivity index (χ0) is 11.7. The minimum atomic E-state index is 0.0514. The molecular weight excluding hydrogens is 198 g/mol. The molecule has 0 aliphatic rings. The Balaban J connectivity index is 2.50. The number of rotatable bonds is 2. The number of aromatic nitrogens is 1. The number of aryl methyl sites for hydroxylation is 1. The van der Waals surface area contributed by atoms with Gasteiger partial charge in [0.2, 0.25) is 5.78 Å². The highest BCUT2D eigenvalue weighted by Gasteiger charge is 2.16. The maximum absolute atomic E-state index is 12.3. The van der Waals surface area contributed by atoms with Crippen molar-refractivity contribution in [2.45, 2.75) is 6.92 Å². The topological polar surface area (TPSA) is 22.0 Å². The van der Waals surface area contributed by atoms with Gasteiger partial charge in [0.05, 0.1) is 5.69 Å². The Morgan fingerprint density at radius 2 is 1.88 bits per heavy atom. The standard InChI is InChI=1S/C14H14NO/c1-10-9-11(2)15(3)13(10)14(16)12-7-5-4-6-8-12/h4-9H,2H2,1,3H3. The van der Waals surface area contributed by atoms with Gasteiger partial charge in [-0.1, -0.05) is 30.3 Å². The third-order valence-electron chi connectivity index (χ3n) is 2.77. The molecule has 0 atom stereocenters. The van der Waals surface area contributed by atoms with E-state index in [1.165, 1.54) is 0 Å². The average Bonchev–Trinajstić information content (AvgIpc) is 2.54. The Bertz CT molecular complexity index is 523. The van der Waals surface area contributed by atoms with Gasteiger partial charge in [0.15, 0.2) is 0 Å². The largest absolute Gasteiger partial charge is 0.345 e. The van der Waals surface area contributed by atoms with E-state index in [1.54, 1.807) is 0 Å². The second kappa shape index (κ2) is 3.97. The third kappa shape index (κ3) is 1.67. The van der Waals surface area contributed by atoms with Gasteiger partial charge in [-0.25, -0.2) is 0 Å². The van der Waals surface area contributed by atoms with Gasteiger partial charge in [-0.3, -0.25) is 4.79 Å². The summed E-state index contributed by atoms with van der Waals surface area (Å²) in [6, 6.07) is 11.2. The molecule has 0 spiro atoms. The predicted octanol–water partition coefficient (Wildman–Crippen LogP) is 2.75. The van der Waals surface area contributed by atoms with Crippen LogP contribution < -0.4 is 0 Å². The molecule has 1 radical (unpaired) electrons. The molecular formula is C14H14NO. The van der Waals surface area contributed by atoms with E-state index in [1.807, 2.05) is 54.9 Å². The quantitative estimate of drug-likeness (QED) is 0.701. The molecule has 0 bridgehead atoms. The van der Waals surface area contributed by atoms with Crippen molar-refractivity contribution in [2.24, 2.45) is 7.05 Å². The van der Waals surface area contributed by atoms with Gasteiger partial charge in [-0.05, 0) is 25.5 Å². The first-order valence-corrected chi connectivity index (χ1v) is 5.19. The minimum absolute atomic E-state index is 0.0514. The van der Waals surface area contributed by atoms with Crippen LogP contribution in [0.4, 0.5) is 0 Å². The van der Waals surface area contributed by atoms with E-state index in [2.05, 4.69) is 6.92 Å². The van der Waals surface area contributed by atoms with Crippen molar-refractivity contribution in [1.29, 1.82) is 0 Å². The molecule has 0 N–H and O–H groups in total. The molecule has 0 saturated heterocycles. The Morgan fingerprint density at radius 3 is 2.38 bits per heavy atom. The maximum Gasteiger partial charge on any atom is 0.209 e. The smallest absolute Gasteiger partial charge is 0.209 e. The van der Waals surface area contributed by atoms with Crippen LogP contribution in [0.15, 0.2) is 36.4 Å². The summed E-state index contributed by atoms with van der Waals surface area (Å²) in [4.78, 5) is 12.3. The van der Waals surface area contributed by atoms with Crippen LogP contribution in [0.1, 0.15) is 27.3 Å². The van der Waals surface area contributed by atoms with Gasteiger partial charge in [0.1, 0.15) is 0 Å². The predicted molar refractivity (Wildman–Crippen MR) is 64.5 cm³/mol. The first kappa shape index (κ1) is 10.7. The Morgan fingerprint density at radius 1 is 1.25 bits per heavy atom. The lowest BCUT2D eigenvalue weighted by Gasteiger charge is -2.05. The summed E-state index contributed by atoms with van der Waals surface area (Å²) in [5, 5.41) is 0. The van der Waals surface area contributed by atoms with Crippen molar-refractivity contribution in [1.82, 2.24) is 4.57 Å². The van der Waals surface area contributed by atoms with Crippen LogP contribution in [0.2, 0.25) is 0 Å². The first-order chi connectivity index (χ1) is 7.61. The monoisotopic (exact) mass is 212 g/mol. The fourth-order valence-corrected chi connectivity index (χ4v) is 1.88. The highest BCUT2D eigenvalue weighted by atomic mass is 16.1. The fraction of sp³-hybridized carbons (Fsp3) is 0.143. The molecule has 0 aliphatic carbocycles. The van der Waals surface area contributed by atoms with Crippen LogP contribution in [-0.4, -0.2) is 10.4 Å². The van der Waals surface area contributed by atoms with E-state index >= 15 is 0 Å². The molecule has 0 amide bonds. The van der Waals surface area contributed by atoms with Crippen LogP contribution in [0.25, 0.3) is 0 Å². The molecule has 2 heteroatoms. The zero-order valence-electron chi connectivity index (χ0n) is 9.53. The van der Waals surface area contributed by atoms with Crippen molar-refractivity contribution in [3.8, 4) is 0 Å². The lowest BCUT2D eigenvalue weighted by atomic mass is 10.1. The van der Waals surface area contributed by atoms with Crippen LogP contribution in [0.5, 0.6) is 0 Å². The van der Waals surface area contributed by atoms with Crippen molar-refractivity contribution >= 4 is 5.78 Å². The summed E-state index contributed by atoms with van der Waals surface area (Å²) < 4.78 is 1.84.